The first-order valence-corrected chi connectivity index (χ1v) is 6.87. The van der Waals surface area contributed by atoms with Crippen LogP contribution in [-0.2, 0) is 11.2 Å². The summed E-state index contributed by atoms with van der Waals surface area (Å²) in [4.78, 5) is 18.1. The summed E-state index contributed by atoms with van der Waals surface area (Å²) in [6.45, 7) is 0. The number of carbonyl (C=O) groups is 1. The van der Waals surface area contributed by atoms with Gasteiger partial charge in [0.05, 0.1) is 6.42 Å². The van der Waals surface area contributed by atoms with Gasteiger partial charge in [0.1, 0.15) is 28.0 Å². The Bertz CT molecular complexity index is 776. The van der Waals surface area contributed by atoms with Crippen molar-refractivity contribution in [3.63, 3.8) is 0 Å². The number of para-hydroxylation sites is 1. The molecule has 2 N–H and O–H groups in total. The molecule has 0 saturated carbocycles. The number of rotatable bonds is 4. The summed E-state index contributed by atoms with van der Waals surface area (Å²) in [5, 5.41) is 9.68. The molecule has 2 aromatic heterocycles. The number of hydrogen-bond acceptors (Lipinski definition) is 3. The van der Waals surface area contributed by atoms with Crippen LogP contribution >= 0.6 is 15.9 Å². The molecule has 3 rings (SSSR count). The molecular weight excluding hydrogens is 324 g/mol. The third kappa shape index (κ3) is 2.34. The van der Waals surface area contributed by atoms with Gasteiger partial charge in [-0.15, -0.1) is 0 Å². The van der Waals surface area contributed by atoms with Crippen LogP contribution in [-0.4, -0.2) is 21.0 Å². The SMILES string of the molecule is O=C(O)CCc1nc(-c2coc3ccccc23)c(Br)[nH]1. The molecule has 0 bridgehead atoms. The second kappa shape index (κ2) is 5.13. The number of furan rings is 1. The summed E-state index contributed by atoms with van der Waals surface area (Å²) in [7, 11) is 0. The normalized spacial score (nSPS) is 11.1. The second-order valence-corrected chi connectivity index (χ2v) is 5.18. The Labute approximate surface area is 122 Å². The van der Waals surface area contributed by atoms with Crippen molar-refractivity contribution >= 4 is 32.9 Å². The van der Waals surface area contributed by atoms with Crippen LogP contribution in [0.15, 0.2) is 39.5 Å². The number of nitrogens with zero attached hydrogens (tertiary/aromatic N) is 1. The monoisotopic (exact) mass is 334 g/mol. The van der Waals surface area contributed by atoms with E-state index in [0.717, 1.165) is 26.8 Å². The van der Waals surface area contributed by atoms with E-state index >= 15 is 0 Å². The second-order valence-electron chi connectivity index (χ2n) is 4.39. The highest BCUT2D eigenvalue weighted by molar-refractivity contribution is 9.10. The number of aromatic nitrogens is 2. The molecule has 6 heteroatoms. The summed E-state index contributed by atoms with van der Waals surface area (Å²) in [6, 6.07) is 7.71. The maximum absolute atomic E-state index is 10.6. The molecule has 102 valence electrons. The minimum absolute atomic E-state index is 0.0472. The molecule has 1 aromatic carbocycles. The van der Waals surface area contributed by atoms with Gasteiger partial charge in [0, 0.05) is 17.4 Å². The average Bonchev–Trinajstić information content (AvgIpc) is 2.99. The van der Waals surface area contributed by atoms with E-state index in [4.69, 9.17) is 9.52 Å². The predicted molar refractivity (Wildman–Crippen MR) is 77.5 cm³/mol. The number of benzene rings is 1. The van der Waals surface area contributed by atoms with E-state index in [2.05, 4.69) is 25.9 Å². The number of fused-ring (bicyclic) bond motifs is 1. The highest BCUT2D eigenvalue weighted by atomic mass is 79.9. The lowest BCUT2D eigenvalue weighted by Crippen LogP contribution is -1.98. The zero-order valence-corrected chi connectivity index (χ0v) is 12.0. The van der Waals surface area contributed by atoms with E-state index in [1.54, 1.807) is 6.26 Å². The molecule has 0 amide bonds. The lowest BCUT2D eigenvalue weighted by Gasteiger charge is -1.93. The molecule has 0 unspecified atom stereocenters. The Morgan fingerprint density at radius 1 is 1.40 bits per heavy atom. The van der Waals surface area contributed by atoms with E-state index in [1.165, 1.54) is 0 Å². The van der Waals surface area contributed by atoms with Gasteiger partial charge in [-0.1, -0.05) is 18.2 Å². The Morgan fingerprint density at radius 2 is 2.20 bits per heavy atom. The first-order chi connectivity index (χ1) is 9.65. The highest BCUT2D eigenvalue weighted by Crippen LogP contribution is 2.33. The number of aliphatic carboxylic acids is 1. The number of aryl methyl sites for hydroxylation is 1. The lowest BCUT2D eigenvalue weighted by atomic mass is 10.1. The molecule has 0 fully saturated rings. The minimum atomic E-state index is -0.840. The van der Waals surface area contributed by atoms with Crippen LogP contribution < -0.4 is 0 Å². The first kappa shape index (κ1) is 12.9. The Hall–Kier alpha value is -2.08. The maximum atomic E-state index is 10.6. The summed E-state index contributed by atoms with van der Waals surface area (Å²) in [6.07, 6.45) is 2.07. The fourth-order valence-electron chi connectivity index (χ4n) is 2.08. The van der Waals surface area contributed by atoms with Crippen molar-refractivity contribution in [3.05, 3.63) is 41.0 Å². The standard InChI is InChI=1S/C14H11BrN2O3/c15-14-13(16-11(17-14)5-6-12(18)19)9-7-20-10-4-2-1-3-8(9)10/h1-4,7H,5-6H2,(H,16,17)(H,18,19). The minimum Gasteiger partial charge on any atom is -0.481 e. The molecule has 0 aliphatic carbocycles. The van der Waals surface area contributed by atoms with Crippen molar-refractivity contribution in [2.75, 3.05) is 0 Å². The van der Waals surface area contributed by atoms with E-state index in [0.29, 0.717) is 12.2 Å². The molecule has 0 saturated heterocycles. The van der Waals surface area contributed by atoms with E-state index in [1.807, 2.05) is 24.3 Å². The smallest absolute Gasteiger partial charge is 0.303 e. The average molecular weight is 335 g/mol. The number of hydrogen-bond donors (Lipinski definition) is 2. The zero-order chi connectivity index (χ0) is 14.1. The number of aromatic amines is 1. The van der Waals surface area contributed by atoms with Crippen LogP contribution in [0, 0.1) is 0 Å². The van der Waals surface area contributed by atoms with Gasteiger partial charge in [-0.25, -0.2) is 4.98 Å². The quantitative estimate of drug-likeness (QED) is 0.763. The molecule has 0 aliphatic rings. The van der Waals surface area contributed by atoms with Crippen molar-refractivity contribution in [3.8, 4) is 11.3 Å². The van der Waals surface area contributed by atoms with Crippen molar-refractivity contribution in [1.82, 2.24) is 9.97 Å². The number of H-pyrrole nitrogens is 1. The number of halogens is 1. The third-order valence-electron chi connectivity index (χ3n) is 3.02. The molecule has 20 heavy (non-hydrogen) atoms. The summed E-state index contributed by atoms with van der Waals surface area (Å²) in [5.41, 5.74) is 2.41. The lowest BCUT2D eigenvalue weighted by molar-refractivity contribution is -0.137. The number of carboxylic acid groups (broad SMARTS) is 1. The van der Waals surface area contributed by atoms with Gasteiger partial charge in [0.25, 0.3) is 0 Å². The zero-order valence-electron chi connectivity index (χ0n) is 10.4. The van der Waals surface area contributed by atoms with Gasteiger partial charge >= 0.3 is 5.97 Å². The Kier molecular flexibility index (Phi) is 3.31. The number of nitrogens with one attached hydrogen (secondary N) is 1. The van der Waals surface area contributed by atoms with Crippen LogP contribution in [0.2, 0.25) is 0 Å². The van der Waals surface area contributed by atoms with Crippen molar-refractivity contribution in [2.45, 2.75) is 12.8 Å². The molecule has 0 aliphatic heterocycles. The van der Waals surface area contributed by atoms with Gasteiger partial charge in [0.2, 0.25) is 0 Å². The maximum Gasteiger partial charge on any atom is 0.303 e. The number of imidazole rings is 1. The molecular formula is C14H11BrN2O3. The predicted octanol–water partition coefficient (Wildman–Crippen LogP) is 3.60. The summed E-state index contributed by atoms with van der Waals surface area (Å²) in [5.74, 6) is -0.201. The van der Waals surface area contributed by atoms with Crippen LogP contribution in [0.5, 0.6) is 0 Å². The molecule has 5 nitrogen and oxygen atoms in total. The van der Waals surface area contributed by atoms with E-state index < -0.39 is 5.97 Å². The number of carboxylic acids is 1. The fourth-order valence-corrected chi connectivity index (χ4v) is 2.61. The fraction of sp³-hybridized carbons (Fsp3) is 0.143. The van der Waals surface area contributed by atoms with Crippen LogP contribution in [0.4, 0.5) is 0 Å². The highest BCUT2D eigenvalue weighted by Gasteiger charge is 2.15. The first-order valence-electron chi connectivity index (χ1n) is 6.08. The van der Waals surface area contributed by atoms with Gasteiger partial charge in [-0.3, -0.25) is 4.79 Å². The largest absolute Gasteiger partial charge is 0.481 e. The summed E-state index contributed by atoms with van der Waals surface area (Å²) >= 11 is 3.42. The van der Waals surface area contributed by atoms with Crippen LogP contribution in [0.25, 0.3) is 22.2 Å². The van der Waals surface area contributed by atoms with Crippen LogP contribution in [0.1, 0.15) is 12.2 Å². The van der Waals surface area contributed by atoms with Gasteiger partial charge < -0.3 is 14.5 Å². The van der Waals surface area contributed by atoms with Gasteiger partial charge in [0.15, 0.2) is 0 Å². The summed E-state index contributed by atoms with van der Waals surface area (Å²) < 4.78 is 6.22. The van der Waals surface area contributed by atoms with Gasteiger partial charge in [-0.2, -0.15) is 0 Å². The molecule has 0 spiro atoms. The van der Waals surface area contributed by atoms with Gasteiger partial charge in [-0.05, 0) is 22.0 Å². The molecule has 0 atom stereocenters. The molecule has 0 radical (unpaired) electrons. The molecule has 3 aromatic rings. The Morgan fingerprint density at radius 3 is 3.00 bits per heavy atom. The third-order valence-corrected chi connectivity index (χ3v) is 3.59. The Balaban J connectivity index is 1.99. The van der Waals surface area contributed by atoms with Crippen LogP contribution in [0.3, 0.4) is 0 Å². The van der Waals surface area contributed by atoms with E-state index in [-0.39, 0.29) is 6.42 Å². The molecule has 2 heterocycles. The van der Waals surface area contributed by atoms with Crippen molar-refractivity contribution in [1.29, 1.82) is 0 Å². The van der Waals surface area contributed by atoms with E-state index in [9.17, 15) is 4.79 Å². The van der Waals surface area contributed by atoms with Crippen molar-refractivity contribution < 1.29 is 14.3 Å². The topological polar surface area (TPSA) is 79.1 Å². The van der Waals surface area contributed by atoms with Crippen molar-refractivity contribution in [2.24, 2.45) is 0 Å².